The summed E-state index contributed by atoms with van der Waals surface area (Å²) in [5, 5.41) is 0. The summed E-state index contributed by atoms with van der Waals surface area (Å²) in [6.07, 6.45) is 6.15. The van der Waals surface area contributed by atoms with Crippen molar-refractivity contribution in [1.82, 2.24) is 9.80 Å². The van der Waals surface area contributed by atoms with Gasteiger partial charge in [-0.2, -0.15) is 0 Å². The molecule has 10 heteroatoms. The van der Waals surface area contributed by atoms with Gasteiger partial charge in [0.1, 0.15) is 0 Å². The van der Waals surface area contributed by atoms with E-state index in [0.717, 1.165) is 12.8 Å². The molecule has 0 N–H and O–H groups in total. The van der Waals surface area contributed by atoms with E-state index in [-0.39, 0.29) is 0 Å². The number of hydrogen-bond donors (Lipinski definition) is 0. The molecule has 0 unspecified atom stereocenters. The van der Waals surface area contributed by atoms with Gasteiger partial charge in [-0.3, -0.25) is 9.80 Å². The molecule has 8 nitrogen and oxygen atoms in total. The standard InChI is InChI=1S/C22H50N2O6Si2/c1-9-25-31(26-10-2,27-11-3)19-23(7)21-17-15-16-18-22(21)24(8)20-32(28-12-4,29-13-5)30-14-6/h21-22H,9-20H2,1-8H3/t21-,22-/m1/s1. The number of nitrogens with zero attached hydrogens (tertiary/aromatic N) is 2. The van der Waals surface area contributed by atoms with Gasteiger partial charge in [-0.15, -0.1) is 0 Å². The summed E-state index contributed by atoms with van der Waals surface area (Å²) in [4.78, 5) is 4.83. The Morgan fingerprint density at radius 3 is 1.00 bits per heavy atom. The van der Waals surface area contributed by atoms with Gasteiger partial charge in [0, 0.05) is 51.7 Å². The molecule has 0 radical (unpaired) electrons. The SMILES string of the molecule is CCO[Si](CN(C)[C@@H]1CCCC[C@H]1N(C)C[Si](OCC)(OCC)OCC)(OCC)OCC. The molecule has 0 aromatic rings. The molecule has 1 aliphatic carbocycles. The Morgan fingerprint density at radius 2 is 0.781 bits per heavy atom. The van der Waals surface area contributed by atoms with Crippen LogP contribution in [0.1, 0.15) is 67.2 Å². The van der Waals surface area contributed by atoms with Crippen LogP contribution < -0.4 is 0 Å². The van der Waals surface area contributed by atoms with Crippen LogP contribution in [0, 0.1) is 0 Å². The number of rotatable bonds is 18. The molecule has 2 atom stereocenters. The molecule has 1 aliphatic rings. The zero-order valence-electron chi connectivity index (χ0n) is 22.0. The van der Waals surface area contributed by atoms with Crippen LogP contribution >= 0.6 is 0 Å². The fourth-order valence-electron chi connectivity index (χ4n) is 4.81. The molecule has 32 heavy (non-hydrogen) atoms. The molecular weight excluding hydrogens is 444 g/mol. The summed E-state index contributed by atoms with van der Waals surface area (Å²) in [5.74, 6) is 0. The highest BCUT2D eigenvalue weighted by Crippen LogP contribution is 2.28. The summed E-state index contributed by atoms with van der Waals surface area (Å²) in [5.41, 5.74) is 0. The largest absolute Gasteiger partial charge is 0.515 e. The highest BCUT2D eigenvalue weighted by Gasteiger charge is 2.47. The first kappa shape index (κ1) is 30.1. The van der Waals surface area contributed by atoms with Crippen molar-refractivity contribution >= 4 is 17.6 Å². The molecule has 0 spiro atoms. The maximum Gasteiger partial charge on any atom is 0.515 e. The Bertz CT molecular complexity index is 415. The van der Waals surface area contributed by atoms with E-state index in [9.17, 15) is 0 Å². The third kappa shape index (κ3) is 9.05. The molecule has 192 valence electrons. The number of hydrogen-bond acceptors (Lipinski definition) is 8. The predicted octanol–water partition coefficient (Wildman–Crippen LogP) is 3.34. The van der Waals surface area contributed by atoms with Gasteiger partial charge in [-0.05, 0) is 68.5 Å². The van der Waals surface area contributed by atoms with Crippen molar-refractivity contribution in [3.63, 3.8) is 0 Å². The third-order valence-corrected chi connectivity index (χ3v) is 12.0. The van der Waals surface area contributed by atoms with Crippen molar-refractivity contribution in [1.29, 1.82) is 0 Å². The first-order chi connectivity index (χ1) is 15.4. The first-order valence-corrected chi connectivity index (χ1v) is 16.5. The molecule has 0 heterocycles. The zero-order chi connectivity index (χ0) is 24.0. The van der Waals surface area contributed by atoms with Crippen LogP contribution in [0.4, 0.5) is 0 Å². The highest BCUT2D eigenvalue weighted by molar-refractivity contribution is 6.61. The normalized spacial score (nSPS) is 20.4. The van der Waals surface area contributed by atoms with Gasteiger partial charge in [0.05, 0.1) is 12.3 Å². The molecule has 1 fully saturated rings. The summed E-state index contributed by atoms with van der Waals surface area (Å²) in [6, 6.07) is 0.775. The van der Waals surface area contributed by atoms with Gasteiger partial charge in [0.25, 0.3) is 0 Å². The fourth-order valence-corrected chi connectivity index (χ4v) is 10.2. The van der Waals surface area contributed by atoms with Crippen LogP contribution in [0.25, 0.3) is 0 Å². The molecule has 0 bridgehead atoms. The van der Waals surface area contributed by atoms with E-state index in [1.54, 1.807) is 0 Å². The van der Waals surface area contributed by atoms with Crippen molar-refractivity contribution in [3.8, 4) is 0 Å². The summed E-state index contributed by atoms with van der Waals surface area (Å²) in [7, 11) is -1.12. The quantitative estimate of drug-likeness (QED) is 0.269. The first-order valence-electron chi connectivity index (χ1n) is 12.6. The van der Waals surface area contributed by atoms with Crippen molar-refractivity contribution in [2.45, 2.75) is 79.3 Å². The smallest absolute Gasteiger partial charge is 0.373 e. The van der Waals surface area contributed by atoms with E-state index in [1.165, 1.54) is 12.8 Å². The fraction of sp³-hybridized carbons (Fsp3) is 1.00. The minimum absolute atomic E-state index is 0.388. The lowest BCUT2D eigenvalue weighted by Crippen LogP contribution is -2.62. The Balaban J connectivity index is 3.03. The van der Waals surface area contributed by atoms with E-state index in [4.69, 9.17) is 26.6 Å². The van der Waals surface area contributed by atoms with E-state index in [1.807, 2.05) is 41.5 Å². The van der Waals surface area contributed by atoms with Crippen LogP contribution in [0.3, 0.4) is 0 Å². The zero-order valence-corrected chi connectivity index (χ0v) is 24.0. The van der Waals surface area contributed by atoms with E-state index in [0.29, 0.717) is 64.1 Å². The lowest BCUT2D eigenvalue weighted by Gasteiger charge is -2.45. The van der Waals surface area contributed by atoms with Gasteiger partial charge in [0.15, 0.2) is 0 Å². The molecular formula is C22H50N2O6Si2. The molecule has 0 aromatic carbocycles. The van der Waals surface area contributed by atoms with E-state index in [2.05, 4.69) is 23.9 Å². The maximum atomic E-state index is 6.13. The second-order valence-electron chi connectivity index (χ2n) is 8.21. The van der Waals surface area contributed by atoms with Crippen molar-refractivity contribution in [2.24, 2.45) is 0 Å². The molecule has 1 saturated carbocycles. The lowest BCUT2D eigenvalue weighted by molar-refractivity contribution is 0.0240. The van der Waals surface area contributed by atoms with Gasteiger partial charge in [0.2, 0.25) is 0 Å². The minimum atomic E-state index is -2.75. The minimum Gasteiger partial charge on any atom is -0.373 e. The Hall–Kier alpha value is 0.114. The monoisotopic (exact) mass is 494 g/mol. The topological polar surface area (TPSA) is 61.9 Å². The van der Waals surface area contributed by atoms with Crippen LogP contribution in [0.5, 0.6) is 0 Å². The molecule has 0 aromatic heterocycles. The molecule has 0 amide bonds. The second kappa shape index (κ2) is 15.9. The molecule has 1 rings (SSSR count). The van der Waals surface area contributed by atoms with Crippen molar-refractivity contribution in [3.05, 3.63) is 0 Å². The Morgan fingerprint density at radius 1 is 0.531 bits per heavy atom. The van der Waals surface area contributed by atoms with Crippen LogP contribution in [0.15, 0.2) is 0 Å². The van der Waals surface area contributed by atoms with E-state index >= 15 is 0 Å². The summed E-state index contributed by atoms with van der Waals surface area (Å²) >= 11 is 0. The predicted molar refractivity (Wildman–Crippen MR) is 133 cm³/mol. The number of likely N-dealkylation sites (N-methyl/N-ethyl adjacent to an activating group) is 2. The molecule has 0 aliphatic heterocycles. The highest BCUT2D eigenvalue weighted by atomic mass is 28.4. The third-order valence-electron chi connectivity index (χ3n) is 5.90. The maximum absolute atomic E-state index is 6.13. The lowest BCUT2D eigenvalue weighted by atomic mass is 9.89. The van der Waals surface area contributed by atoms with Gasteiger partial charge < -0.3 is 26.6 Å². The summed E-state index contributed by atoms with van der Waals surface area (Å²) < 4.78 is 36.8. The van der Waals surface area contributed by atoms with Gasteiger partial charge in [-0.25, -0.2) is 0 Å². The average molecular weight is 495 g/mol. The van der Waals surface area contributed by atoms with Crippen molar-refractivity contribution < 1.29 is 26.6 Å². The second-order valence-corrected chi connectivity index (χ2v) is 13.3. The summed E-state index contributed by atoms with van der Waals surface area (Å²) in [6.45, 7) is 15.6. The van der Waals surface area contributed by atoms with Crippen LogP contribution in [0.2, 0.25) is 0 Å². The van der Waals surface area contributed by atoms with Crippen LogP contribution in [-0.2, 0) is 26.6 Å². The average Bonchev–Trinajstić information content (AvgIpc) is 2.75. The van der Waals surface area contributed by atoms with E-state index < -0.39 is 17.6 Å². The van der Waals surface area contributed by atoms with Gasteiger partial charge >= 0.3 is 17.6 Å². The van der Waals surface area contributed by atoms with Gasteiger partial charge in [-0.1, -0.05) is 12.8 Å². The van der Waals surface area contributed by atoms with Crippen molar-refractivity contribution in [2.75, 3.05) is 66.1 Å². The molecule has 0 saturated heterocycles. The Labute approximate surface area is 199 Å². The van der Waals surface area contributed by atoms with Crippen LogP contribution in [-0.4, -0.2) is 106 Å². The Kier molecular flexibility index (Phi) is 15.0.